The van der Waals surface area contributed by atoms with Crippen LogP contribution in [0.2, 0.25) is 0 Å². The highest BCUT2D eigenvalue weighted by molar-refractivity contribution is 5.72. The number of nitrogens with zero attached hydrogens (tertiary/aromatic N) is 3. The molecule has 0 radical (unpaired) electrons. The normalized spacial score (nSPS) is 37.2. The lowest BCUT2D eigenvalue weighted by molar-refractivity contribution is 0.241. The van der Waals surface area contributed by atoms with Crippen molar-refractivity contribution in [3.8, 4) is 0 Å². The van der Waals surface area contributed by atoms with E-state index in [2.05, 4.69) is 143 Å². The van der Waals surface area contributed by atoms with E-state index >= 15 is 0 Å². The molecule has 3 nitrogen and oxygen atoms in total. The summed E-state index contributed by atoms with van der Waals surface area (Å²) in [4.78, 5) is 2.83. The Labute approximate surface area is 310 Å². The van der Waals surface area contributed by atoms with Crippen molar-refractivity contribution in [1.29, 1.82) is 0 Å². The number of fused-ring (bicyclic) bond motifs is 9. The summed E-state index contributed by atoms with van der Waals surface area (Å²) in [5.74, 6) is 3.16. The first-order valence-corrected chi connectivity index (χ1v) is 20.4. The van der Waals surface area contributed by atoms with Crippen LogP contribution in [0.5, 0.6) is 0 Å². The van der Waals surface area contributed by atoms with Crippen LogP contribution in [0.3, 0.4) is 0 Å². The number of hydrogen-bond acceptors (Lipinski definition) is 1. The number of aromatic nitrogens is 1. The molecule has 1 saturated heterocycles. The smallest absolute Gasteiger partial charge is 0.0545 e. The van der Waals surface area contributed by atoms with Crippen molar-refractivity contribution in [3.05, 3.63) is 172 Å². The summed E-state index contributed by atoms with van der Waals surface area (Å²) in [5, 5.41) is 5.64. The molecule has 0 N–H and O–H groups in total. The van der Waals surface area contributed by atoms with Gasteiger partial charge in [-0.05, 0) is 98.7 Å². The highest BCUT2D eigenvalue weighted by atomic mass is 15.2. The Bertz CT molecular complexity index is 2070. The lowest BCUT2D eigenvalue weighted by Gasteiger charge is -2.49. The third-order valence-corrected chi connectivity index (χ3v) is 14.0. The molecule has 1 aromatic heterocycles. The summed E-state index contributed by atoms with van der Waals surface area (Å²) in [6.07, 6.45) is 64.0. The lowest BCUT2D eigenvalue weighted by Crippen LogP contribution is -2.37. The summed E-state index contributed by atoms with van der Waals surface area (Å²) in [6, 6.07) is 1.07. The fraction of sp³-hybridized carbons (Fsp3) is 0.388. The maximum absolute atomic E-state index is 5.64. The predicted octanol–water partition coefficient (Wildman–Crippen LogP) is 11.5. The quantitative estimate of drug-likeness (QED) is 0.290. The van der Waals surface area contributed by atoms with Crippen LogP contribution in [-0.2, 0) is 6.42 Å². The minimum Gasteiger partial charge on any atom is -0.665 e. The van der Waals surface area contributed by atoms with Gasteiger partial charge < -0.3 is 14.8 Å². The largest absolute Gasteiger partial charge is 0.665 e. The lowest BCUT2D eigenvalue weighted by atomic mass is 9.75. The molecule has 10 aliphatic rings. The standard InChI is InChI=1S/C49H50N3/c1-3-13-32(14-4-1)41-31-48(50-44-21-11-9-19-38(41)44)52-47-28-25-35(30-43(47)40-26-23-33-15-7-8-18-37(33)49(40)52)34-24-27-46-42(29-34)39-20-10-12-22-45(39)51(46)36-16-5-2-6-17-36/h1-5,7-8,10,13,15-16,18,20-21,23-29,31-33,35,37-39,42,45-46,48H,6,9,11-12,14,17,19,22,30H2/q-1. The number of likely N-dealkylation sites (tertiary alicyclic amines) is 1. The summed E-state index contributed by atoms with van der Waals surface area (Å²) < 4.78 is 2.68. The first kappa shape index (κ1) is 31.1. The molecule has 1 aromatic rings. The van der Waals surface area contributed by atoms with Gasteiger partial charge in [-0.1, -0.05) is 121 Å². The van der Waals surface area contributed by atoms with Crippen molar-refractivity contribution >= 4 is 12.2 Å². The molecule has 0 spiro atoms. The van der Waals surface area contributed by atoms with Crippen LogP contribution in [0, 0.1) is 35.5 Å². The SMILES string of the molecule is C1=CCCC(N2C3C=CC(C4C=Cc5c(c6c(n5C5C=C(C7C=CC=CC7)C7CCCC=C7[N-]5)C5C=CC=CC5C=C6)C4)=CC3C3C=CCCC32)=C1. The van der Waals surface area contributed by atoms with E-state index in [1.165, 1.54) is 65.9 Å². The van der Waals surface area contributed by atoms with E-state index in [0.717, 1.165) is 25.7 Å². The van der Waals surface area contributed by atoms with Crippen LogP contribution in [0.1, 0.15) is 86.0 Å². The average Bonchev–Trinajstić information content (AvgIpc) is 3.73. The molecule has 2 aliphatic heterocycles. The van der Waals surface area contributed by atoms with E-state index in [4.69, 9.17) is 5.32 Å². The summed E-state index contributed by atoms with van der Waals surface area (Å²) >= 11 is 0. The maximum Gasteiger partial charge on any atom is 0.0545 e. The van der Waals surface area contributed by atoms with Gasteiger partial charge in [-0.15, -0.1) is 6.08 Å². The highest BCUT2D eigenvalue weighted by Crippen LogP contribution is 2.53. The van der Waals surface area contributed by atoms with Gasteiger partial charge in [0.1, 0.15) is 0 Å². The second-order valence-electron chi connectivity index (χ2n) is 16.7. The summed E-state index contributed by atoms with van der Waals surface area (Å²) in [7, 11) is 0. The van der Waals surface area contributed by atoms with Crippen LogP contribution in [-0.4, -0.2) is 21.6 Å². The second-order valence-corrected chi connectivity index (χ2v) is 16.7. The zero-order valence-electron chi connectivity index (χ0n) is 30.2. The van der Waals surface area contributed by atoms with E-state index in [1.54, 1.807) is 11.3 Å². The number of rotatable bonds is 4. The van der Waals surface area contributed by atoms with E-state index in [-0.39, 0.29) is 6.17 Å². The minimum atomic E-state index is -0.0157. The van der Waals surface area contributed by atoms with Gasteiger partial charge in [0, 0.05) is 58.6 Å². The summed E-state index contributed by atoms with van der Waals surface area (Å²) in [5.41, 5.74) is 11.8. The van der Waals surface area contributed by atoms with Crippen LogP contribution in [0.4, 0.5) is 0 Å². The van der Waals surface area contributed by atoms with Crippen molar-refractivity contribution in [3.63, 3.8) is 0 Å². The van der Waals surface area contributed by atoms with Gasteiger partial charge in [-0.3, -0.25) is 0 Å². The van der Waals surface area contributed by atoms with Crippen LogP contribution < -0.4 is 0 Å². The van der Waals surface area contributed by atoms with E-state index in [0.29, 0.717) is 53.5 Å². The third-order valence-electron chi connectivity index (χ3n) is 14.0. The average molecular weight is 681 g/mol. The molecule has 3 heterocycles. The molecular formula is C49H50N3-. The molecule has 0 bridgehead atoms. The Morgan fingerprint density at radius 3 is 2.62 bits per heavy atom. The maximum atomic E-state index is 5.64. The van der Waals surface area contributed by atoms with Gasteiger partial charge >= 0.3 is 0 Å². The Morgan fingerprint density at radius 2 is 1.69 bits per heavy atom. The first-order valence-electron chi connectivity index (χ1n) is 20.4. The molecule has 10 unspecified atom stereocenters. The van der Waals surface area contributed by atoms with E-state index in [9.17, 15) is 0 Å². The van der Waals surface area contributed by atoms with Gasteiger partial charge in [0.2, 0.25) is 0 Å². The first-order chi connectivity index (χ1) is 25.8. The van der Waals surface area contributed by atoms with E-state index in [1.807, 2.05) is 0 Å². The molecule has 3 heteroatoms. The Balaban J connectivity index is 0.981. The minimum absolute atomic E-state index is 0.0157. The fourth-order valence-electron chi connectivity index (χ4n) is 11.6. The second kappa shape index (κ2) is 12.6. The monoisotopic (exact) mass is 680 g/mol. The molecule has 10 atom stereocenters. The van der Waals surface area contributed by atoms with Crippen LogP contribution in [0.15, 0.2) is 144 Å². The zero-order valence-corrected chi connectivity index (χ0v) is 30.2. The van der Waals surface area contributed by atoms with Crippen molar-refractivity contribution < 1.29 is 0 Å². The van der Waals surface area contributed by atoms with Gasteiger partial charge in [-0.2, -0.15) is 5.70 Å². The Hall–Kier alpha value is -4.50. The molecule has 8 aliphatic carbocycles. The highest BCUT2D eigenvalue weighted by Gasteiger charge is 2.48. The topological polar surface area (TPSA) is 22.3 Å². The predicted molar refractivity (Wildman–Crippen MR) is 215 cm³/mol. The molecular weight excluding hydrogens is 631 g/mol. The fourth-order valence-corrected chi connectivity index (χ4v) is 11.6. The summed E-state index contributed by atoms with van der Waals surface area (Å²) in [6.45, 7) is 0. The molecule has 262 valence electrons. The van der Waals surface area contributed by atoms with Crippen molar-refractivity contribution in [2.75, 3.05) is 0 Å². The van der Waals surface area contributed by atoms with Gasteiger partial charge in [0.05, 0.1) is 6.04 Å². The van der Waals surface area contributed by atoms with Crippen molar-refractivity contribution in [2.45, 2.75) is 82.0 Å². The van der Waals surface area contributed by atoms with Gasteiger partial charge in [0.25, 0.3) is 0 Å². The number of hydrogen-bond donors (Lipinski definition) is 0. The Morgan fingerprint density at radius 1 is 0.731 bits per heavy atom. The van der Waals surface area contributed by atoms with Crippen LogP contribution in [0.25, 0.3) is 17.5 Å². The molecule has 0 amide bonds. The molecule has 52 heavy (non-hydrogen) atoms. The third kappa shape index (κ3) is 4.91. The van der Waals surface area contributed by atoms with E-state index < -0.39 is 0 Å². The van der Waals surface area contributed by atoms with Crippen molar-refractivity contribution in [2.24, 2.45) is 35.5 Å². The molecule has 11 rings (SSSR count). The molecule has 0 saturated carbocycles. The van der Waals surface area contributed by atoms with Gasteiger partial charge in [-0.25, -0.2) is 0 Å². The zero-order chi connectivity index (χ0) is 34.2. The molecule has 1 fully saturated rings. The van der Waals surface area contributed by atoms with Gasteiger partial charge in [0.15, 0.2) is 0 Å². The Kier molecular flexibility index (Phi) is 7.51. The molecule has 0 aromatic carbocycles. The van der Waals surface area contributed by atoms with Crippen molar-refractivity contribution in [1.82, 2.24) is 9.47 Å². The number of allylic oxidation sites excluding steroid dienone is 19. The van der Waals surface area contributed by atoms with Crippen LogP contribution >= 0.6 is 0 Å².